The fourth-order valence-electron chi connectivity index (χ4n) is 1.97. The summed E-state index contributed by atoms with van der Waals surface area (Å²) in [4.78, 5) is 4.31. The lowest BCUT2D eigenvalue weighted by molar-refractivity contribution is 0.394. The van der Waals surface area contributed by atoms with Crippen molar-refractivity contribution in [2.24, 2.45) is 0 Å². The Labute approximate surface area is 126 Å². The molecule has 1 unspecified atom stereocenters. The lowest BCUT2D eigenvalue weighted by Gasteiger charge is -2.24. The Hall–Kier alpha value is -0.310. The zero-order chi connectivity index (χ0) is 14.0. The summed E-state index contributed by atoms with van der Waals surface area (Å²) in [6.07, 6.45) is 2.48. The van der Waals surface area contributed by atoms with Crippen molar-refractivity contribution in [1.82, 2.24) is 9.29 Å². The molecule has 1 aromatic rings. The molecule has 0 aliphatic carbocycles. The molecule has 1 saturated heterocycles. The van der Waals surface area contributed by atoms with Crippen molar-refractivity contribution in [3.63, 3.8) is 0 Å². The van der Waals surface area contributed by atoms with E-state index >= 15 is 0 Å². The molecule has 0 radical (unpaired) electrons. The number of halogens is 1. The zero-order valence-electron chi connectivity index (χ0n) is 10.8. The van der Waals surface area contributed by atoms with Crippen molar-refractivity contribution in [3.8, 4) is 0 Å². The predicted molar refractivity (Wildman–Crippen MR) is 82.2 cm³/mol. The second kappa shape index (κ2) is 5.99. The van der Waals surface area contributed by atoms with Crippen LogP contribution in [0.25, 0.3) is 0 Å². The summed E-state index contributed by atoms with van der Waals surface area (Å²) in [5, 5.41) is 2.83. The van der Waals surface area contributed by atoms with Crippen LogP contribution < -0.4 is 5.32 Å². The first-order valence-electron chi connectivity index (χ1n) is 5.86. The van der Waals surface area contributed by atoms with Crippen LogP contribution in [-0.4, -0.2) is 49.3 Å². The minimum absolute atomic E-state index is 0.0682. The van der Waals surface area contributed by atoms with E-state index < -0.39 is 10.0 Å². The molecule has 2 rings (SSSR count). The molecule has 0 spiro atoms. The van der Waals surface area contributed by atoms with Gasteiger partial charge in [0, 0.05) is 36.6 Å². The Kier molecular flexibility index (Phi) is 4.75. The van der Waals surface area contributed by atoms with Crippen molar-refractivity contribution in [1.29, 1.82) is 0 Å². The number of thioether (sulfide) groups is 1. The molecular formula is C11H16BrN3O2S2. The first-order chi connectivity index (χ1) is 8.96. The Morgan fingerprint density at radius 1 is 1.58 bits per heavy atom. The topological polar surface area (TPSA) is 62.3 Å². The summed E-state index contributed by atoms with van der Waals surface area (Å²) in [6.45, 7) is 0. The van der Waals surface area contributed by atoms with Crippen LogP contribution in [0, 0.1) is 0 Å². The molecule has 2 heterocycles. The van der Waals surface area contributed by atoms with E-state index in [1.54, 1.807) is 38.1 Å². The third-order valence-electron chi connectivity index (χ3n) is 3.13. The summed E-state index contributed by atoms with van der Waals surface area (Å²) in [6, 6.07) is 1.66. The number of anilines is 1. The van der Waals surface area contributed by atoms with Crippen molar-refractivity contribution in [2.75, 3.05) is 30.9 Å². The molecule has 5 nitrogen and oxygen atoms in total. The molecule has 106 valence electrons. The maximum atomic E-state index is 12.7. The van der Waals surface area contributed by atoms with Crippen LogP contribution in [0.3, 0.4) is 0 Å². The van der Waals surface area contributed by atoms with Crippen LogP contribution in [0.4, 0.5) is 5.82 Å². The number of hydrogen-bond donors (Lipinski definition) is 1. The monoisotopic (exact) mass is 365 g/mol. The Bertz CT molecular complexity index is 559. The number of pyridine rings is 1. The fraction of sp³-hybridized carbons (Fsp3) is 0.545. The molecule has 8 heteroatoms. The summed E-state index contributed by atoms with van der Waals surface area (Å²) in [7, 11) is -0.210. The number of rotatable bonds is 4. The van der Waals surface area contributed by atoms with Crippen molar-refractivity contribution < 1.29 is 8.42 Å². The average Bonchev–Trinajstić information content (AvgIpc) is 2.91. The average molecular weight is 366 g/mol. The number of nitrogens with zero attached hydrogens (tertiary/aromatic N) is 2. The SMILES string of the molecule is CNc1ncc(Br)cc1S(=O)(=O)N(C)C1CCSC1. The van der Waals surface area contributed by atoms with E-state index in [0.29, 0.717) is 10.3 Å². The van der Waals surface area contributed by atoms with E-state index in [4.69, 9.17) is 0 Å². The molecule has 1 fully saturated rings. The standard InChI is InChI=1S/C11H16BrN3O2S2/c1-13-11-10(5-8(12)6-14-11)19(16,17)15(2)9-3-4-18-7-9/h5-6,9H,3-4,7H2,1-2H3,(H,13,14). The lowest BCUT2D eigenvalue weighted by Crippen LogP contribution is -2.37. The van der Waals surface area contributed by atoms with Crippen LogP contribution in [-0.2, 0) is 10.0 Å². The normalized spacial score (nSPS) is 19.9. The van der Waals surface area contributed by atoms with Crippen molar-refractivity contribution in [3.05, 3.63) is 16.7 Å². The van der Waals surface area contributed by atoms with E-state index in [0.717, 1.165) is 17.9 Å². The Morgan fingerprint density at radius 2 is 2.32 bits per heavy atom. The van der Waals surface area contributed by atoms with E-state index in [1.807, 2.05) is 0 Å². The Morgan fingerprint density at radius 3 is 2.89 bits per heavy atom. The molecule has 0 bridgehead atoms. The molecule has 1 aliphatic heterocycles. The molecule has 0 aromatic carbocycles. The van der Waals surface area contributed by atoms with Gasteiger partial charge in [-0.2, -0.15) is 16.1 Å². The molecule has 1 aromatic heterocycles. The van der Waals surface area contributed by atoms with Gasteiger partial charge in [-0.05, 0) is 34.2 Å². The van der Waals surface area contributed by atoms with Gasteiger partial charge in [0.1, 0.15) is 10.7 Å². The number of aromatic nitrogens is 1. The van der Waals surface area contributed by atoms with E-state index in [9.17, 15) is 8.42 Å². The second-order valence-corrected chi connectivity index (χ2v) is 8.32. The maximum Gasteiger partial charge on any atom is 0.246 e. The number of sulfonamides is 1. The van der Waals surface area contributed by atoms with Crippen molar-refractivity contribution in [2.45, 2.75) is 17.4 Å². The molecule has 1 N–H and O–H groups in total. The zero-order valence-corrected chi connectivity index (χ0v) is 14.0. The van der Waals surface area contributed by atoms with Gasteiger partial charge in [-0.3, -0.25) is 0 Å². The molecule has 0 amide bonds. The third kappa shape index (κ3) is 3.07. The molecule has 1 atom stereocenters. The van der Waals surface area contributed by atoms with Gasteiger partial charge in [-0.1, -0.05) is 0 Å². The molecule has 0 saturated carbocycles. The highest BCUT2D eigenvalue weighted by atomic mass is 79.9. The third-order valence-corrected chi connectivity index (χ3v) is 6.64. The van der Waals surface area contributed by atoms with Gasteiger partial charge >= 0.3 is 0 Å². The lowest BCUT2D eigenvalue weighted by atomic mass is 10.3. The van der Waals surface area contributed by atoms with Crippen LogP contribution in [0.2, 0.25) is 0 Å². The van der Waals surface area contributed by atoms with Crippen LogP contribution in [0.1, 0.15) is 6.42 Å². The van der Waals surface area contributed by atoms with Gasteiger partial charge in [0.15, 0.2) is 0 Å². The van der Waals surface area contributed by atoms with Crippen LogP contribution >= 0.6 is 27.7 Å². The van der Waals surface area contributed by atoms with Gasteiger partial charge in [-0.25, -0.2) is 13.4 Å². The van der Waals surface area contributed by atoms with Gasteiger partial charge < -0.3 is 5.32 Å². The maximum absolute atomic E-state index is 12.7. The first kappa shape index (κ1) is 15.1. The minimum Gasteiger partial charge on any atom is -0.372 e. The summed E-state index contributed by atoms with van der Waals surface area (Å²) in [5.74, 6) is 2.24. The quantitative estimate of drug-likeness (QED) is 0.883. The second-order valence-electron chi connectivity index (χ2n) is 4.29. The fourth-order valence-corrected chi connectivity index (χ4v) is 5.37. The highest BCUT2D eigenvalue weighted by molar-refractivity contribution is 9.10. The molecular weight excluding hydrogens is 350 g/mol. The largest absolute Gasteiger partial charge is 0.372 e. The van der Waals surface area contributed by atoms with Crippen molar-refractivity contribution >= 4 is 43.5 Å². The smallest absolute Gasteiger partial charge is 0.246 e. The predicted octanol–water partition coefficient (Wildman–Crippen LogP) is 2.01. The van der Waals surface area contributed by atoms with Crippen LogP contribution in [0.15, 0.2) is 21.6 Å². The Balaban J connectivity index is 2.40. The summed E-state index contributed by atoms with van der Waals surface area (Å²) < 4.78 is 27.5. The summed E-state index contributed by atoms with van der Waals surface area (Å²) >= 11 is 5.06. The van der Waals surface area contributed by atoms with E-state index in [-0.39, 0.29) is 10.9 Å². The number of hydrogen-bond acceptors (Lipinski definition) is 5. The minimum atomic E-state index is -3.52. The van der Waals surface area contributed by atoms with Crippen LogP contribution in [0.5, 0.6) is 0 Å². The molecule has 19 heavy (non-hydrogen) atoms. The van der Waals surface area contributed by atoms with Gasteiger partial charge in [-0.15, -0.1) is 0 Å². The highest BCUT2D eigenvalue weighted by Crippen LogP contribution is 2.30. The van der Waals surface area contributed by atoms with E-state index in [2.05, 4.69) is 26.2 Å². The van der Waals surface area contributed by atoms with Gasteiger partial charge in [0.05, 0.1) is 0 Å². The first-order valence-corrected chi connectivity index (χ1v) is 9.24. The van der Waals surface area contributed by atoms with Gasteiger partial charge in [0.2, 0.25) is 10.0 Å². The summed E-state index contributed by atoms with van der Waals surface area (Å²) in [5.41, 5.74) is 0. The molecule has 1 aliphatic rings. The number of nitrogens with one attached hydrogen (secondary N) is 1. The van der Waals surface area contributed by atoms with E-state index in [1.165, 1.54) is 4.31 Å². The van der Waals surface area contributed by atoms with Gasteiger partial charge in [0.25, 0.3) is 0 Å². The highest BCUT2D eigenvalue weighted by Gasteiger charge is 2.32.